The Balaban J connectivity index is 2.41. The normalized spacial score (nSPS) is 14.6. The van der Waals surface area contributed by atoms with Gasteiger partial charge in [-0.3, -0.25) is 4.79 Å². The largest absolute Gasteiger partial charge is 0.396 e. The Kier molecular flexibility index (Phi) is 4.23. The van der Waals surface area contributed by atoms with Crippen molar-refractivity contribution in [2.45, 2.75) is 19.9 Å². The van der Waals surface area contributed by atoms with Gasteiger partial charge in [-0.05, 0) is 12.8 Å². The van der Waals surface area contributed by atoms with Gasteiger partial charge in [-0.2, -0.15) is 5.10 Å². The zero-order valence-electron chi connectivity index (χ0n) is 8.92. The molecular weight excluding hydrogens is 196 g/mol. The highest BCUT2D eigenvalue weighted by Gasteiger charge is 2.15. The Morgan fingerprint density at radius 1 is 1.60 bits per heavy atom. The minimum absolute atomic E-state index is 0.0666. The number of nitrogens with one attached hydrogen (secondary N) is 1. The van der Waals surface area contributed by atoms with Crippen LogP contribution in [0.25, 0.3) is 0 Å². The van der Waals surface area contributed by atoms with E-state index in [4.69, 9.17) is 5.11 Å². The Morgan fingerprint density at radius 2 is 2.33 bits per heavy atom. The van der Waals surface area contributed by atoms with Gasteiger partial charge in [0.1, 0.15) is 18.7 Å². The maximum absolute atomic E-state index is 11.6. The first-order valence-electron chi connectivity index (χ1n) is 4.87. The van der Waals surface area contributed by atoms with Crippen LogP contribution in [-0.4, -0.2) is 38.9 Å². The first-order chi connectivity index (χ1) is 7.15. The summed E-state index contributed by atoms with van der Waals surface area (Å²) in [5, 5.41) is 15.4. The number of amides is 1. The second-order valence-electron chi connectivity index (χ2n) is 3.58. The highest BCUT2D eigenvalue weighted by Crippen LogP contribution is 2.01. The van der Waals surface area contributed by atoms with Crippen LogP contribution in [0.15, 0.2) is 12.7 Å². The number of hydrogen-bond donors (Lipinski definition) is 2. The average molecular weight is 212 g/mol. The molecule has 0 spiro atoms. The van der Waals surface area contributed by atoms with Gasteiger partial charge in [-0.15, -0.1) is 0 Å². The van der Waals surface area contributed by atoms with E-state index >= 15 is 0 Å². The molecule has 2 atom stereocenters. The molecule has 2 unspecified atom stereocenters. The molecule has 1 amide bonds. The van der Waals surface area contributed by atoms with Crippen molar-refractivity contribution in [1.29, 1.82) is 0 Å². The van der Waals surface area contributed by atoms with Crippen molar-refractivity contribution in [2.24, 2.45) is 5.92 Å². The predicted molar refractivity (Wildman–Crippen MR) is 54.0 cm³/mol. The number of hydrogen-bond acceptors (Lipinski definition) is 4. The minimum atomic E-state index is -0.376. The molecular formula is C9H16N4O2. The van der Waals surface area contributed by atoms with Crippen LogP contribution in [0.5, 0.6) is 0 Å². The molecule has 0 bridgehead atoms. The molecule has 6 nitrogen and oxygen atoms in total. The lowest BCUT2D eigenvalue weighted by Gasteiger charge is -2.14. The second kappa shape index (κ2) is 5.45. The number of nitrogens with zero attached hydrogens (tertiary/aromatic N) is 3. The highest BCUT2D eigenvalue weighted by atomic mass is 16.3. The number of aliphatic hydroxyl groups is 1. The SMILES string of the molecule is CC(CO)CNC(=O)C(C)n1cncn1. The van der Waals surface area contributed by atoms with Crippen LogP contribution in [0.3, 0.4) is 0 Å². The van der Waals surface area contributed by atoms with Gasteiger partial charge in [0.25, 0.3) is 0 Å². The van der Waals surface area contributed by atoms with Gasteiger partial charge >= 0.3 is 0 Å². The standard InChI is InChI=1S/C9H16N4O2/c1-7(4-14)3-11-9(15)8(2)13-6-10-5-12-13/h5-8,14H,3-4H2,1-2H3,(H,11,15). The summed E-state index contributed by atoms with van der Waals surface area (Å²) in [6.07, 6.45) is 2.89. The fraction of sp³-hybridized carbons (Fsp3) is 0.667. The summed E-state index contributed by atoms with van der Waals surface area (Å²) in [6, 6.07) is -0.376. The summed E-state index contributed by atoms with van der Waals surface area (Å²) in [7, 11) is 0. The van der Waals surface area contributed by atoms with Gasteiger partial charge < -0.3 is 10.4 Å². The Morgan fingerprint density at radius 3 is 2.87 bits per heavy atom. The molecule has 0 aliphatic rings. The summed E-state index contributed by atoms with van der Waals surface area (Å²) in [6.45, 7) is 4.14. The molecule has 0 aromatic carbocycles. The van der Waals surface area contributed by atoms with E-state index in [-0.39, 0.29) is 24.5 Å². The van der Waals surface area contributed by atoms with Crippen LogP contribution in [0, 0.1) is 5.92 Å². The van der Waals surface area contributed by atoms with Crippen LogP contribution >= 0.6 is 0 Å². The summed E-state index contributed by atoms with van der Waals surface area (Å²) >= 11 is 0. The smallest absolute Gasteiger partial charge is 0.244 e. The number of carbonyl (C=O) groups excluding carboxylic acids is 1. The van der Waals surface area contributed by atoms with Crippen molar-refractivity contribution in [3.05, 3.63) is 12.7 Å². The van der Waals surface area contributed by atoms with Crippen molar-refractivity contribution in [3.63, 3.8) is 0 Å². The molecule has 0 saturated carbocycles. The summed E-state index contributed by atoms with van der Waals surface area (Å²) in [5.41, 5.74) is 0. The van der Waals surface area contributed by atoms with Crippen LogP contribution in [-0.2, 0) is 4.79 Å². The average Bonchev–Trinajstić information content (AvgIpc) is 2.77. The quantitative estimate of drug-likeness (QED) is 0.695. The van der Waals surface area contributed by atoms with Gasteiger partial charge in [0.2, 0.25) is 5.91 Å². The van der Waals surface area contributed by atoms with Gasteiger partial charge in [0, 0.05) is 13.2 Å². The van der Waals surface area contributed by atoms with Gasteiger partial charge in [-0.25, -0.2) is 9.67 Å². The van der Waals surface area contributed by atoms with Gasteiger partial charge in [0.15, 0.2) is 0 Å². The van der Waals surface area contributed by atoms with E-state index in [1.165, 1.54) is 17.3 Å². The van der Waals surface area contributed by atoms with Gasteiger partial charge in [-0.1, -0.05) is 6.92 Å². The molecule has 0 saturated heterocycles. The maximum atomic E-state index is 11.6. The first-order valence-corrected chi connectivity index (χ1v) is 4.87. The second-order valence-corrected chi connectivity index (χ2v) is 3.58. The number of aliphatic hydroxyl groups excluding tert-OH is 1. The molecule has 1 aromatic rings. The predicted octanol–water partition coefficient (Wildman–Crippen LogP) is -0.416. The van der Waals surface area contributed by atoms with Crippen LogP contribution in [0.2, 0.25) is 0 Å². The molecule has 0 aliphatic carbocycles. The fourth-order valence-corrected chi connectivity index (χ4v) is 1.02. The van der Waals surface area contributed by atoms with Crippen molar-refractivity contribution in [2.75, 3.05) is 13.2 Å². The van der Waals surface area contributed by atoms with E-state index in [0.29, 0.717) is 6.54 Å². The number of rotatable bonds is 5. The highest BCUT2D eigenvalue weighted by molar-refractivity contribution is 5.79. The van der Waals surface area contributed by atoms with Crippen molar-refractivity contribution in [3.8, 4) is 0 Å². The molecule has 0 radical (unpaired) electrons. The van der Waals surface area contributed by atoms with Crippen molar-refractivity contribution >= 4 is 5.91 Å². The summed E-state index contributed by atoms with van der Waals surface area (Å²) < 4.78 is 1.49. The van der Waals surface area contributed by atoms with E-state index in [2.05, 4.69) is 15.4 Å². The van der Waals surface area contributed by atoms with E-state index in [1.807, 2.05) is 6.92 Å². The Hall–Kier alpha value is -1.43. The van der Waals surface area contributed by atoms with E-state index < -0.39 is 0 Å². The zero-order valence-corrected chi connectivity index (χ0v) is 8.92. The monoisotopic (exact) mass is 212 g/mol. The summed E-state index contributed by atoms with van der Waals surface area (Å²) in [5.74, 6) is -0.0577. The first kappa shape index (κ1) is 11.6. The number of carbonyl (C=O) groups is 1. The van der Waals surface area contributed by atoms with Crippen LogP contribution in [0.1, 0.15) is 19.9 Å². The number of aromatic nitrogens is 3. The van der Waals surface area contributed by atoms with Gasteiger partial charge in [0.05, 0.1) is 0 Å². The fourth-order valence-electron chi connectivity index (χ4n) is 1.02. The lowest BCUT2D eigenvalue weighted by molar-refractivity contribution is -0.124. The van der Waals surface area contributed by atoms with E-state index in [9.17, 15) is 4.79 Å². The summed E-state index contributed by atoms with van der Waals surface area (Å²) in [4.78, 5) is 15.3. The molecule has 6 heteroatoms. The molecule has 0 fully saturated rings. The van der Waals surface area contributed by atoms with Crippen molar-refractivity contribution < 1.29 is 9.90 Å². The molecule has 2 N–H and O–H groups in total. The maximum Gasteiger partial charge on any atom is 0.244 e. The third-order valence-electron chi connectivity index (χ3n) is 2.15. The molecule has 15 heavy (non-hydrogen) atoms. The molecule has 1 heterocycles. The third kappa shape index (κ3) is 3.32. The molecule has 84 valence electrons. The minimum Gasteiger partial charge on any atom is -0.396 e. The van der Waals surface area contributed by atoms with Crippen molar-refractivity contribution in [1.82, 2.24) is 20.1 Å². The Labute approximate surface area is 88.3 Å². The van der Waals surface area contributed by atoms with E-state index in [0.717, 1.165) is 0 Å². The lowest BCUT2D eigenvalue weighted by Crippen LogP contribution is -2.34. The third-order valence-corrected chi connectivity index (χ3v) is 2.15. The Bertz CT molecular complexity index is 299. The zero-order chi connectivity index (χ0) is 11.3. The molecule has 1 rings (SSSR count). The van der Waals surface area contributed by atoms with Crippen LogP contribution in [0.4, 0.5) is 0 Å². The van der Waals surface area contributed by atoms with E-state index in [1.54, 1.807) is 6.92 Å². The topological polar surface area (TPSA) is 80.0 Å². The lowest BCUT2D eigenvalue weighted by atomic mass is 10.2. The van der Waals surface area contributed by atoms with Crippen LogP contribution < -0.4 is 5.32 Å². The molecule has 0 aliphatic heterocycles. The molecule has 1 aromatic heterocycles.